The summed E-state index contributed by atoms with van der Waals surface area (Å²) in [5.74, 6) is 1.16. The highest BCUT2D eigenvalue weighted by molar-refractivity contribution is 7.92. The van der Waals surface area contributed by atoms with E-state index in [0.29, 0.717) is 17.4 Å². The highest BCUT2D eigenvalue weighted by Crippen LogP contribution is 2.33. The molecule has 1 amide bonds. The van der Waals surface area contributed by atoms with Crippen molar-refractivity contribution in [2.45, 2.75) is 30.7 Å². The van der Waals surface area contributed by atoms with Crippen molar-refractivity contribution in [3.63, 3.8) is 0 Å². The van der Waals surface area contributed by atoms with Crippen LogP contribution >= 0.6 is 0 Å². The molecule has 1 saturated carbocycles. The van der Waals surface area contributed by atoms with Gasteiger partial charge in [-0.05, 0) is 43.9 Å². The van der Waals surface area contributed by atoms with Gasteiger partial charge in [-0.2, -0.15) is 0 Å². The fraction of sp³-hybridized carbons (Fsp3) is 0.381. The van der Waals surface area contributed by atoms with Crippen molar-refractivity contribution in [3.8, 4) is 17.2 Å². The van der Waals surface area contributed by atoms with E-state index < -0.39 is 10.0 Å². The van der Waals surface area contributed by atoms with Gasteiger partial charge in [-0.1, -0.05) is 0 Å². The third-order valence-electron chi connectivity index (χ3n) is 5.01. The number of rotatable bonds is 9. The maximum Gasteiger partial charge on any atom is 0.265 e. The molecule has 1 aliphatic carbocycles. The predicted molar refractivity (Wildman–Crippen MR) is 113 cm³/mol. The average Bonchev–Trinajstić information content (AvgIpc) is 3.58. The molecule has 8 nitrogen and oxygen atoms in total. The van der Waals surface area contributed by atoms with Crippen LogP contribution in [0.25, 0.3) is 0 Å². The van der Waals surface area contributed by atoms with Crippen LogP contribution in [-0.2, 0) is 10.0 Å². The van der Waals surface area contributed by atoms with Crippen LogP contribution in [-0.4, -0.2) is 41.7 Å². The van der Waals surface area contributed by atoms with Crippen molar-refractivity contribution in [1.29, 1.82) is 0 Å². The molecule has 9 heteroatoms. The minimum Gasteiger partial charge on any atom is -0.497 e. The first-order valence-corrected chi connectivity index (χ1v) is 11.0. The van der Waals surface area contributed by atoms with E-state index >= 15 is 0 Å². The van der Waals surface area contributed by atoms with E-state index in [1.807, 2.05) is 6.92 Å². The third kappa shape index (κ3) is 4.96. The second-order valence-corrected chi connectivity index (χ2v) is 8.82. The number of amides is 1. The van der Waals surface area contributed by atoms with Crippen molar-refractivity contribution in [2.75, 3.05) is 26.1 Å². The van der Waals surface area contributed by atoms with E-state index in [2.05, 4.69) is 10.0 Å². The second-order valence-electron chi connectivity index (χ2n) is 7.17. The lowest BCUT2D eigenvalue weighted by molar-refractivity contribution is 0.0935. The predicted octanol–water partition coefficient (Wildman–Crippen LogP) is 3.04. The molecule has 0 spiro atoms. The SMILES string of the molecule is COc1cc(NS(=O)(=O)c2cc(C(=O)NC(C)C3CC3)ccc2OC)cc(OC)c1. The molecular formula is C21H26N2O6S. The van der Waals surface area contributed by atoms with Crippen LogP contribution in [0.2, 0.25) is 0 Å². The van der Waals surface area contributed by atoms with Gasteiger partial charge >= 0.3 is 0 Å². The quantitative estimate of drug-likeness (QED) is 0.629. The number of sulfonamides is 1. The zero-order chi connectivity index (χ0) is 21.9. The highest BCUT2D eigenvalue weighted by atomic mass is 32.2. The van der Waals surface area contributed by atoms with Gasteiger partial charge < -0.3 is 19.5 Å². The van der Waals surface area contributed by atoms with Crippen LogP contribution in [0.5, 0.6) is 17.2 Å². The molecule has 0 saturated heterocycles. The van der Waals surface area contributed by atoms with E-state index in [0.717, 1.165) is 12.8 Å². The third-order valence-corrected chi connectivity index (χ3v) is 6.41. The van der Waals surface area contributed by atoms with E-state index in [-0.39, 0.29) is 33.8 Å². The Morgan fingerprint density at radius 3 is 2.17 bits per heavy atom. The number of benzene rings is 2. The van der Waals surface area contributed by atoms with Crippen molar-refractivity contribution < 1.29 is 27.4 Å². The number of methoxy groups -OCH3 is 3. The monoisotopic (exact) mass is 434 g/mol. The summed E-state index contributed by atoms with van der Waals surface area (Å²) in [5, 5.41) is 2.93. The largest absolute Gasteiger partial charge is 0.497 e. The summed E-state index contributed by atoms with van der Waals surface area (Å²) in [6.07, 6.45) is 2.19. The van der Waals surface area contributed by atoms with E-state index in [9.17, 15) is 13.2 Å². The number of carbonyl (C=O) groups is 1. The normalized spacial score (nSPS) is 14.5. The van der Waals surface area contributed by atoms with E-state index in [1.165, 1.54) is 45.6 Å². The number of nitrogens with one attached hydrogen (secondary N) is 2. The lowest BCUT2D eigenvalue weighted by Crippen LogP contribution is -2.34. The summed E-state index contributed by atoms with van der Waals surface area (Å²) in [5.41, 5.74) is 0.498. The molecule has 2 aromatic carbocycles. The number of hydrogen-bond acceptors (Lipinski definition) is 6. The number of hydrogen-bond donors (Lipinski definition) is 2. The first-order chi connectivity index (χ1) is 14.3. The van der Waals surface area contributed by atoms with Crippen molar-refractivity contribution >= 4 is 21.6 Å². The molecule has 0 radical (unpaired) electrons. The molecule has 3 rings (SSSR count). The Bertz CT molecular complexity index is 1010. The maximum absolute atomic E-state index is 13.1. The van der Waals surface area contributed by atoms with Gasteiger partial charge in [0.25, 0.3) is 15.9 Å². The smallest absolute Gasteiger partial charge is 0.265 e. The van der Waals surface area contributed by atoms with Crippen LogP contribution < -0.4 is 24.2 Å². The molecular weight excluding hydrogens is 408 g/mol. The lowest BCUT2D eigenvalue weighted by atomic mass is 10.1. The zero-order valence-electron chi connectivity index (χ0n) is 17.4. The van der Waals surface area contributed by atoms with Gasteiger partial charge in [0.2, 0.25) is 0 Å². The van der Waals surface area contributed by atoms with Gasteiger partial charge in [-0.15, -0.1) is 0 Å². The fourth-order valence-corrected chi connectivity index (χ4v) is 4.35. The number of ether oxygens (including phenoxy) is 3. The Hall–Kier alpha value is -2.94. The van der Waals surface area contributed by atoms with Gasteiger partial charge in [-0.25, -0.2) is 8.42 Å². The molecule has 30 heavy (non-hydrogen) atoms. The maximum atomic E-state index is 13.1. The fourth-order valence-electron chi connectivity index (χ4n) is 3.11. The van der Waals surface area contributed by atoms with Crippen LogP contribution in [0.3, 0.4) is 0 Å². The van der Waals surface area contributed by atoms with E-state index in [4.69, 9.17) is 14.2 Å². The molecule has 1 atom stereocenters. The Labute approximate surface area is 176 Å². The second kappa shape index (κ2) is 8.83. The van der Waals surface area contributed by atoms with Crippen LogP contribution in [0, 0.1) is 5.92 Å². The molecule has 0 aliphatic heterocycles. The Kier molecular flexibility index (Phi) is 6.40. The molecule has 162 valence electrons. The molecule has 1 aliphatic rings. The van der Waals surface area contributed by atoms with Crippen LogP contribution in [0.1, 0.15) is 30.1 Å². The van der Waals surface area contributed by atoms with Crippen molar-refractivity contribution in [1.82, 2.24) is 5.32 Å². The van der Waals surface area contributed by atoms with E-state index in [1.54, 1.807) is 12.1 Å². The first kappa shape index (κ1) is 21.8. The van der Waals surface area contributed by atoms with Gasteiger partial charge in [0.1, 0.15) is 22.1 Å². The standard InChI is InChI=1S/C21H26N2O6S/c1-13(14-5-6-14)22-21(24)15-7-8-19(29-4)20(9-15)30(25,26)23-16-10-17(27-2)12-18(11-16)28-3/h7-14,23H,5-6H2,1-4H3,(H,22,24). The molecule has 2 aromatic rings. The van der Waals surface area contributed by atoms with Crippen LogP contribution in [0.4, 0.5) is 5.69 Å². The summed E-state index contributed by atoms with van der Waals surface area (Å²) in [4.78, 5) is 12.5. The summed E-state index contributed by atoms with van der Waals surface area (Å²) in [7, 11) is 0.258. The minimum atomic E-state index is -4.06. The molecule has 0 heterocycles. The molecule has 2 N–H and O–H groups in total. The summed E-state index contributed by atoms with van der Waals surface area (Å²) >= 11 is 0. The number of anilines is 1. The van der Waals surface area contributed by atoms with Gasteiger partial charge in [0.15, 0.2) is 0 Å². The first-order valence-electron chi connectivity index (χ1n) is 9.52. The minimum absolute atomic E-state index is 0.0435. The summed E-state index contributed by atoms with van der Waals surface area (Å²) in [6, 6.07) is 9.06. The van der Waals surface area contributed by atoms with Gasteiger partial charge in [0, 0.05) is 29.8 Å². The Morgan fingerprint density at radius 2 is 1.63 bits per heavy atom. The van der Waals surface area contributed by atoms with Gasteiger partial charge in [0.05, 0.1) is 27.0 Å². The van der Waals surface area contributed by atoms with Gasteiger partial charge in [-0.3, -0.25) is 9.52 Å². The van der Waals surface area contributed by atoms with Crippen LogP contribution in [0.15, 0.2) is 41.3 Å². The molecule has 1 fully saturated rings. The topological polar surface area (TPSA) is 103 Å². The van der Waals surface area contributed by atoms with Crippen molar-refractivity contribution in [2.24, 2.45) is 5.92 Å². The lowest BCUT2D eigenvalue weighted by Gasteiger charge is -2.16. The number of carbonyl (C=O) groups excluding carboxylic acids is 1. The summed E-state index contributed by atoms with van der Waals surface area (Å²) < 4.78 is 44.3. The molecule has 0 aromatic heterocycles. The average molecular weight is 435 g/mol. The summed E-state index contributed by atoms with van der Waals surface area (Å²) in [6.45, 7) is 1.95. The Morgan fingerprint density at radius 1 is 1.00 bits per heavy atom. The highest BCUT2D eigenvalue weighted by Gasteiger charge is 2.29. The molecule has 0 bridgehead atoms. The molecule has 1 unspecified atom stereocenters. The Balaban J connectivity index is 1.91. The zero-order valence-corrected chi connectivity index (χ0v) is 18.2. The van der Waals surface area contributed by atoms with Crippen molar-refractivity contribution in [3.05, 3.63) is 42.0 Å².